The second-order valence-electron chi connectivity index (χ2n) is 7.26. The van der Waals surface area contributed by atoms with Crippen molar-refractivity contribution < 1.29 is 28.1 Å². The fourth-order valence-electron chi connectivity index (χ4n) is 2.78. The minimum absolute atomic E-state index is 0.000484. The molecule has 0 radical (unpaired) electrons. The summed E-state index contributed by atoms with van der Waals surface area (Å²) in [5.41, 5.74) is 0.276. The molecule has 32 heavy (non-hydrogen) atoms. The normalized spacial score (nSPS) is 14.1. The number of nitrogens with one attached hydrogen (secondary N) is 1. The molecule has 0 saturated carbocycles. The third kappa shape index (κ3) is 5.37. The summed E-state index contributed by atoms with van der Waals surface area (Å²) in [6, 6.07) is 7.54. The lowest BCUT2D eigenvalue weighted by molar-refractivity contribution is -0.384. The van der Waals surface area contributed by atoms with Crippen molar-refractivity contribution in [3.05, 3.63) is 56.6 Å². The van der Waals surface area contributed by atoms with Crippen molar-refractivity contribution in [2.24, 2.45) is 5.92 Å². The molecule has 0 saturated heterocycles. The highest BCUT2D eigenvalue weighted by Gasteiger charge is 2.26. The van der Waals surface area contributed by atoms with Gasteiger partial charge < -0.3 is 9.84 Å². The van der Waals surface area contributed by atoms with E-state index in [0.29, 0.717) is 5.69 Å². The molecular weight excluding hydrogens is 445 g/mol. The zero-order valence-corrected chi connectivity index (χ0v) is 18.2. The molecule has 0 aliphatic heterocycles. The SMILES string of the molecule is CC(C)[C@H](COP(C)(=O)Oc1ccc([N+](=O)[O-])cc1)Nc1ccc([N+](=O)[O-])c2nonc12. The van der Waals surface area contributed by atoms with E-state index in [9.17, 15) is 24.8 Å². The van der Waals surface area contributed by atoms with Crippen LogP contribution in [-0.2, 0) is 9.09 Å². The Kier molecular flexibility index (Phi) is 6.70. The van der Waals surface area contributed by atoms with Crippen LogP contribution in [0.15, 0.2) is 41.0 Å². The van der Waals surface area contributed by atoms with Crippen LogP contribution in [0.1, 0.15) is 13.8 Å². The Balaban J connectivity index is 1.70. The lowest BCUT2D eigenvalue weighted by atomic mass is 10.0. The first-order valence-electron chi connectivity index (χ1n) is 9.39. The summed E-state index contributed by atoms with van der Waals surface area (Å²) in [6.45, 7) is 5.07. The average Bonchev–Trinajstić information content (AvgIpc) is 3.20. The second kappa shape index (κ2) is 9.28. The average molecular weight is 465 g/mol. The summed E-state index contributed by atoms with van der Waals surface area (Å²) in [4.78, 5) is 20.8. The van der Waals surface area contributed by atoms with Gasteiger partial charge in [-0.2, -0.15) is 0 Å². The topological polar surface area (TPSA) is 173 Å². The predicted octanol–water partition coefficient (Wildman–Crippen LogP) is 4.39. The van der Waals surface area contributed by atoms with Crippen molar-refractivity contribution in [3.8, 4) is 5.75 Å². The number of anilines is 1. The maximum atomic E-state index is 12.8. The van der Waals surface area contributed by atoms with E-state index in [1.807, 2.05) is 13.8 Å². The summed E-state index contributed by atoms with van der Waals surface area (Å²) < 4.78 is 28.3. The molecule has 1 aromatic heterocycles. The van der Waals surface area contributed by atoms with E-state index in [-0.39, 0.29) is 46.7 Å². The molecule has 2 atom stereocenters. The maximum absolute atomic E-state index is 12.8. The quantitative estimate of drug-likeness (QED) is 0.255. The van der Waals surface area contributed by atoms with Crippen LogP contribution in [0.2, 0.25) is 0 Å². The molecule has 3 rings (SSSR count). The van der Waals surface area contributed by atoms with E-state index in [0.717, 1.165) is 0 Å². The predicted molar refractivity (Wildman–Crippen MR) is 114 cm³/mol. The number of non-ortho nitro benzene ring substituents is 2. The van der Waals surface area contributed by atoms with Gasteiger partial charge in [0.1, 0.15) is 5.75 Å². The minimum Gasteiger partial charge on any atom is -0.425 e. The number of nitro benzene ring substituents is 2. The zero-order chi connectivity index (χ0) is 23.5. The van der Waals surface area contributed by atoms with Gasteiger partial charge >= 0.3 is 13.3 Å². The summed E-state index contributed by atoms with van der Waals surface area (Å²) in [6.07, 6.45) is 0. The van der Waals surface area contributed by atoms with E-state index in [1.54, 1.807) is 0 Å². The molecule has 170 valence electrons. The molecule has 0 aliphatic carbocycles. The Morgan fingerprint density at radius 2 is 1.72 bits per heavy atom. The van der Waals surface area contributed by atoms with Gasteiger partial charge in [0.2, 0.25) is 5.52 Å². The molecule has 1 N–H and O–H groups in total. The van der Waals surface area contributed by atoms with Gasteiger partial charge in [-0.05, 0) is 34.4 Å². The Labute approximate surface area is 181 Å². The molecule has 3 aromatic rings. The molecule has 0 fully saturated rings. The third-order valence-electron chi connectivity index (χ3n) is 4.54. The first kappa shape index (κ1) is 23.1. The zero-order valence-electron chi connectivity index (χ0n) is 17.3. The van der Waals surface area contributed by atoms with Crippen LogP contribution in [0, 0.1) is 26.1 Å². The fraction of sp³-hybridized carbons (Fsp3) is 0.333. The van der Waals surface area contributed by atoms with Crippen molar-refractivity contribution in [3.63, 3.8) is 0 Å². The van der Waals surface area contributed by atoms with Crippen LogP contribution in [0.3, 0.4) is 0 Å². The van der Waals surface area contributed by atoms with Crippen LogP contribution in [0.25, 0.3) is 11.0 Å². The molecule has 0 amide bonds. The number of nitrogens with zero attached hydrogens (tertiary/aromatic N) is 4. The van der Waals surface area contributed by atoms with Crippen molar-refractivity contribution in [1.29, 1.82) is 0 Å². The van der Waals surface area contributed by atoms with Gasteiger partial charge in [-0.25, -0.2) is 9.19 Å². The Morgan fingerprint density at radius 3 is 2.31 bits per heavy atom. The molecule has 0 aliphatic rings. The Morgan fingerprint density at radius 1 is 1.06 bits per heavy atom. The number of rotatable bonds is 10. The Hall–Kier alpha value is -3.57. The summed E-state index contributed by atoms with van der Waals surface area (Å²) in [5.74, 6) is 0.167. The molecule has 0 spiro atoms. The molecule has 1 unspecified atom stereocenters. The molecular formula is C18H20N5O8P. The standard InChI is InChI=1S/C18H20N5O8P/c1-11(2)15(19-14-8-9-16(23(26)27)18-17(14)20-31-21-18)10-29-32(3,28)30-13-6-4-12(5-7-13)22(24)25/h4-9,11,15,19H,10H2,1-3H3/t15-,32?/m0/s1. The highest BCUT2D eigenvalue weighted by Crippen LogP contribution is 2.45. The van der Waals surface area contributed by atoms with Crippen LogP contribution in [0.5, 0.6) is 5.75 Å². The largest absolute Gasteiger partial charge is 0.425 e. The summed E-state index contributed by atoms with van der Waals surface area (Å²) >= 11 is 0. The van der Waals surface area contributed by atoms with Crippen molar-refractivity contribution >= 4 is 35.7 Å². The van der Waals surface area contributed by atoms with E-state index in [4.69, 9.17) is 9.05 Å². The second-order valence-corrected chi connectivity index (χ2v) is 9.24. The van der Waals surface area contributed by atoms with Gasteiger partial charge in [0.05, 0.1) is 28.2 Å². The summed E-state index contributed by atoms with van der Waals surface area (Å²) in [5, 5.41) is 32.4. The lowest BCUT2D eigenvalue weighted by Crippen LogP contribution is -2.30. The van der Waals surface area contributed by atoms with Gasteiger partial charge in [0.15, 0.2) is 5.52 Å². The van der Waals surface area contributed by atoms with Crippen molar-refractivity contribution in [2.45, 2.75) is 19.9 Å². The first-order valence-corrected chi connectivity index (χ1v) is 11.4. The van der Waals surface area contributed by atoms with Gasteiger partial charge in [-0.1, -0.05) is 13.8 Å². The van der Waals surface area contributed by atoms with E-state index in [1.165, 1.54) is 43.1 Å². The van der Waals surface area contributed by atoms with Crippen molar-refractivity contribution in [1.82, 2.24) is 10.3 Å². The van der Waals surface area contributed by atoms with Gasteiger partial charge in [-0.15, -0.1) is 0 Å². The van der Waals surface area contributed by atoms with Gasteiger partial charge in [0.25, 0.3) is 5.69 Å². The van der Waals surface area contributed by atoms with Crippen LogP contribution < -0.4 is 9.84 Å². The van der Waals surface area contributed by atoms with E-state index < -0.39 is 17.4 Å². The van der Waals surface area contributed by atoms with Gasteiger partial charge in [-0.3, -0.25) is 24.8 Å². The first-order chi connectivity index (χ1) is 15.1. The van der Waals surface area contributed by atoms with Crippen LogP contribution >= 0.6 is 7.60 Å². The van der Waals surface area contributed by atoms with Crippen molar-refractivity contribution in [2.75, 3.05) is 18.6 Å². The number of hydrogen-bond donors (Lipinski definition) is 1. The molecule has 14 heteroatoms. The van der Waals surface area contributed by atoms with Gasteiger partial charge in [0, 0.05) is 24.9 Å². The van der Waals surface area contributed by atoms with Crippen LogP contribution in [0.4, 0.5) is 17.1 Å². The minimum atomic E-state index is -3.55. The van der Waals surface area contributed by atoms with E-state index in [2.05, 4.69) is 20.3 Å². The lowest BCUT2D eigenvalue weighted by Gasteiger charge is -2.25. The monoisotopic (exact) mass is 465 g/mol. The number of hydrogen-bond acceptors (Lipinski definition) is 11. The van der Waals surface area contributed by atoms with E-state index >= 15 is 0 Å². The maximum Gasteiger partial charge on any atom is 0.376 e. The number of nitro groups is 2. The number of aromatic nitrogens is 2. The highest BCUT2D eigenvalue weighted by molar-refractivity contribution is 7.53. The number of fused-ring (bicyclic) bond motifs is 1. The molecule has 0 bridgehead atoms. The third-order valence-corrected chi connectivity index (χ3v) is 5.70. The molecule has 2 aromatic carbocycles. The summed E-state index contributed by atoms with van der Waals surface area (Å²) in [7, 11) is -3.55. The molecule has 13 nitrogen and oxygen atoms in total. The Bertz CT molecular complexity index is 1180. The highest BCUT2D eigenvalue weighted by atomic mass is 31.2. The smallest absolute Gasteiger partial charge is 0.376 e. The number of benzene rings is 2. The molecule has 1 heterocycles. The van der Waals surface area contributed by atoms with Crippen LogP contribution in [-0.4, -0.2) is 39.5 Å². The fourth-order valence-corrected chi connectivity index (χ4v) is 3.77.